The molecule has 1 fully saturated rings. The Balaban J connectivity index is 2.02. The van der Waals surface area contributed by atoms with Crippen molar-refractivity contribution in [3.63, 3.8) is 0 Å². The van der Waals surface area contributed by atoms with Crippen LogP contribution in [-0.2, 0) is 11.2 Å². The third-order valence-corrected chi connectivity index (χ3v) is 3.84. The molecule has 0 aliphatic heterocycles. The van der Waals surface area contributed by atoms with E-state index in [4.69, 9.17) is 5.73 Å². The van der Waals surface area contributed by atoms with E-state index in [1.807, 2.05) is 0 Å². The largest absolute Gasteiger partial charge is 0.408 e. The van der Waals surface area contributed by atoms with Crippen molar-refractivity contribution in [2.24, 2.45) is 11.7 Å². The highest BCUT2D eigenvalue weighted by atomic mass is 19.4. The first-order chi connectivity index (χ1) is 9.86. The number of hydrogen-bond acceptors (Lipinski definition) is 2. The molecule has 3 nitrogen and oxygen atoms in total. The molecule has 1 aliphatic rings. The minimum atomic E-state index is -4.47. The maximum Gasteiger partial charge on any atom is 0.408 e. The highest BCUT2D eigenvalue weighted by molar-refractivity contribution is 5.79. The number of halogens is 3. The first kappa shape index (κ1) is 15.8. The number of benzene rings is 1. The zero-order chi connectivity index (χ0) is 15.5. The van der Waals surface area contributed by atoms with Crippen LogP contribution in [0.5, 0.6) is 0 Å². The van der Waals surface area contributed by atoms with E-state index in [0.29, 0.717) is 24.8 Å². The number of rotatable bonds is 4. The predicted octanol–water partition coefficient (Wildman–Crippen LogP) is 2.40. The van der Waals surface area contributed by atoms with Crippen molar-refractivity contribution in [2.75, 3.05) is 0 Å². The molecule has 0 spiro atoms. The molecule has 0 radical (unpaired) electrons. The molecule has 0 heterocycles. The van der Waals surface area contributed by atoms with E-state index < -0.39 is 24.0 Å². The molecule has 0 bridgehead atoms. The van der Waals surface area contributed by atoms with Crippen LogP contribution in [-0.4, -0.2) is 24.2 Å². The molecule has 2 rings (SSSR count). The number of nitrogens with two attached hydrogens (primary N) is 1. The van der Waals surface area contributed by atoms with Crippen LogP contribution >= 0.6 is 0 Å². The Bertz CT molecular complexity index is 476. The average molecular weight is 300 g/mol. The fraction of sp³-hybridized carbons (Fsp3) is 0.533. The summed E-state index contributed by atoms with van der Waals surface area (Å²) in [4.78, 5) is 12.0. The topological polar surface area (TPSA) is 55.1 Å². The van der Waals surface area contributed by atoms with Crippen molar-refractivity contribution in [1.29, 1.82) is 0 Å². The summed E-state index contributed by atoms with van der Waals surface area (Å²) in [5, 5.41) is 2.15. The molecule has 1 saturated carbocycles. The van der Waals surface area contributed by atoms with E-state index in [2.05, 4.69) is 5.32 Å². The zero-order valence-electron chi connectivity index (χ0n) is 11.6. The SMILES string of the molecule is NC1CCC(C(=O)NC(Cc2ccccc2)C(F)(F)F)C1. The fourth-order valence-electron chi connectivity index (χ4n) is 2.64. The quantitative estimate of drug-likeness (QED) is 0.897. The van der Waals surface area contributed by atoms with Crippen molar-refractivity contribution in [2.45, 2.75) is 43.9 Å². The number of amides is 1. The summed E-state index contributed by atoms with van der Waals surface area (Å²) in [5.41, 5.74) is 6.25. The van der Waals surface area contributed by atoms with Gasteiger partial charge in [-0.15, -0.1) is 0 Å². The van der Waals surface area contributed by atoms with Crippen LogP contribution < -0.4 is 11.1 Å². The highest BCUT2D eigenvalue weighted by Gasteiger charge is 2.42. The van der Waals surface area contributed by atoms with Gasteiger partial charge in [-0.25, -0.2) is 0 Å². The van der Waals surface area contributed by atoms with E-state index in [1.54, 1.807) is 30.3 Å². The minimum Gasteiger partial charge on any atom is -0.344 e. The number of alkyl halides is 3. The van der Waals surface area contributed by atoms with Crippen LogP contribution in [0.1, 0.15) is 24.8 Å². The second-order valence-corrected chi connectivity index (χ2v) is 5.56. The van der Waals surface area contributed by atoms with Gasteiger partial charge in [-0.05, 0) is 24.8 Å². The summed E-state index contributed by atoms with van der Waals surface area (Å²) in [6, 6.07) is 6.40. The van der Waals surface area contributed by atoms with Gasteiger partial charge in [-0.1, -0.05) is 30.3 Å². The van der Waals surface area contributed by atoms with Gasteiger partial charge < -0.3 is 11.1 Å². The van der Waals surface area contributed by atoms with Gasteiger partial charge in [0.25, 0.3) is 0 Å². The van der Waals surface area contributed by atoms with Gasteiger partial charge in [0, 0.05) is 18.4 Å². The number of nitrogens with one attached hydrogen (secondary N) is 1. The van der Waals surface area contributed by atoms with Crippen LogP contribution in [0.25, 0.3) is 0 Å². The lowest BCUT2D eigenvalue weighted by Crippen LogP contribution is -2.48. The van der Waals surface area contributed by atoms with E-state index in [9.17, 15) is 18.0 Å². The Morgan fingerprint density at radius 3 is 2.48 bits per heavy atom. The molecule has 0 saturated heterocycles. The van der Waals surface area contributed by atoms with Crippen molar-refractivity contribution >= 4 is 5.91 Å². The first-order valence-electron chi connectivity index (χ1n) is 7.03. The second kappa shape index (κ2) is 6.47. The lowest BCUT2D eigenvalue weighted by Gasteiger charge is -2.23. The van der Waals surface area contributed by atoms with Crippen LogP contribution in [0, 0.1) is 5.92 Å². The van der Waals surface area contributed by atoms with E-state index in [1.165, 1.54) is 0 Å². The molecule has 3 N–H and O–H groups in total. The molecule has 1 aliphatic carbocycles. The zero-order valence-corrected chi connectivity index (χ0v) is 11.6. The Labute approximate surface area is 121 Å². The van der Waals surface area contributed by atoms with E-state index in [-0.39, 0.29) is 12.5 Å². The molecule has 116 valence electrons. The smallest absolute Gasteiger partial charge is 0.344 e. The molecule has 21 heavy (non-hydrogen) atoms. The number of hydrogen-bond donors (Lipinski definition) is 2. The molecule has 3 atom stereocenters. The molecule has 3 unspecified atom stereocenters. The Kier molecular flexibility index (Phi) is 4.88. The van der Waals surface area contributed by atoms with Crippen molar-refractivity contribution < 1.29 is 18.0 Å². The number of carbonyl (C=O) groups excluding carboxylic acids is 1. The Morgan fingerprint density at radius 2 is 1.95 bits per heavy atom. The molecule has 1 amide bonds. The van der Waals surface area contributed by atoms with Crippen LogP contribution in [0.3, 0.4) is 0 Å². The second-order valence-electron chi connectivity index (χ2n) is 5.56. The lowest BCUT2D eigenvalue weighted by molar-refractivity contribution is -0.162. The normalized spacial score (nSPS) is 23.8. The molecular formula is C15H19F3N2O. The highest BCUT2D eigenvalue weighted by Crippen LogP contribution is 2.27. The third-order valence-electron chi connectivity index (χ3n) is 3.84. The van der Waals surface area contributed by atoms with E-state index >= 15 is 0 Å². The Hall–Kier alpha value is -1.56. The summed E-state index contributed by atoms with van der Waals surface area (Å²) in [7, 11) is 0. The monoisotopic (exact) mass is 300 g/mol. The fourth-order valence-corrected chi connectivity index (χ4v) is 2.64. The standard InChI is InChI=1S/C15H19F3N2O/c16-15(17,18)13(8-10-4-2-1-3-5-10)20-14(21)11-6-7-12(19)9-11/h1-5,11-13H,6-9,19H2,(H,20,21). The average Bonchev–Trinajstić information content (AvgIpc) is 2.85. The maximum atomic E-state index is 13.1. The molecule has 1 aromatic rings. The maximum absolute atomic E-state index is 13.1. The molecule has 0 aromatic heterocycles. The van der Waals surface area contributed by atoms with Crippen molar-refractivity contribution in [1.82, 2.24) is 5.32 Å². The van der Waals surface area contributed by atoms with Crippen molar-refractivity contribution in [3.05, 3.63) is 35.9 Å². The molecular weight excluding hydrogens is 281 g/mol. The summed E-state index contributed by atoms with van der Waals surface area (Å²) in [6.07, 6.45) is -3.01. The van der Waals surface area contributed by atoms with Crippen molar-refractivity contribution in [3.8, 4) is 0 Å². The predicted molar refractivity (Wildman–Crippen MR) is 73.4 cm³/mol. The van der Waals surface area contributed by atoms with Gasteiger partial charge in [-0.2, -0.15) is 13.2 Å². The van der Waals surface area contributed by atoms with Crippen LogP contribution in [0.2, 0.25) is 0 Å². The van der Waals surface area contributed by atoms with Gasteiger partial charge in [-0.3, -0.25) is 4.79 Å². The summed E-state index contributed by atoms with van der Waals surface area (Å²) in [5.74, 6) is -0.943. The molecule has 1 aromatic carbocycles. The van der Waals surface area contributed by atoms with Gasteiger partial charge >= 0.3 is 6.18 Å². The van der Waals surface area contributed by atoms with Gasteiger partial charge in [0.15, 0.2) is 0 Å². The number of carbonyl (C=O) groups is 1. The van der Waals surface area contributed by atoms with Crippen LogP contribution in [0.4, 0.5) is 13.2 Å². The minimum absolute atomic E-state index is 0.0841. The molecule has 6 heteroatoms. The lowest BCUT2D eigenvalue weighted by atomic mass is 10.0. The summed E-state index contributed by atoms with van der Waals surface area (Å²) < 4.78 is 39.3. The summed E-state index contributed by atoms with van der Waals surface area (Å²) in [6.45, 7) is 0. The third kappa shape index (κ3) is 4.46. The van der Waals surface area contributed by atoms with Gasteiger partial charge in [0.05, 0.1) is 0 Å². The summed E-state index contributed by atoms with van der Waals surface area (Å²) >= 11 is 0. The first-order valence-corrected chi connectivity index (χ1v) is 7.03. The van der Waals surface area contributed by atoms with Crippen LogP contribution in [0.15, 0.2) is 30.3 Å². The van der Waals surface area contributed by atoms with Gasteiger partial charge in [0.2, 0.25) is 5.91 Å². The van der Waals surface area contributed by atoms with Gasteiger partial charge in [0.1, 0.15) is 6.04 Å². The van der Waals surface area contributed by atoms with E-state index in [0.717, 1.165) is 0 Å². The Morgan fingerprint density at radius 1 is 1.29 bits per heavy atom.